The van der Waals surface area contributed by atoms with Crippen LogP contribution in [0.15, 0.2) is 59.5 Å². The summed E-state index contributed by atoms with van der Waals surface area (Å²) in [6.45, 7) is 3.97. The lowest BCUT2D eigenvalue weighted by Crippen LogP contribution is -2.47. The number of hydrogen-bond donors (Lipinski definition) is 2. The monoisotopic (exact) mass is 403 g/mol. The lowest BCUT2D eigenvalue weighted by atomic mass is 10.0. The highest BCUT2D eigenvalue weighted by Gasteiger charge is 2.35. The van der Waals surface area contributed by atoms with Gasteiger partial charge in [-0.3, -0.25) is 0 Å². The molecule has 2 N–H and O–H groups in total. The molecule has 3 rings (SSSR count). The van der Waals surface area contributed by atoms with E-state index >= 15 is 0 Å². The molecule has 0 aromatic heterocycles. The third-order valence-electron chi connectivity index (χ3n) is 4.83. The largest absolute Gasteiger partial charge is 0.332 e. The first-order valence-electron chi connectivity index (χ1n) is 9.14. The number of para-hydroxylation sites is 1. The predicted octanol–water partition coefficient (Wildman–Crippen LogP) is 4.45. The zero-order valence-corrected chi connectivity index (χ0v) is 17.2. The number of thiocarbonyl (C=S) groups is 1. The molecule has 1 saturated heterocycles. The Balaban J connectivity index is 1.70. The molecule has 1 fully saturated rings. The molecule has 0 aliphatic carbocycles. The van der Waals surface area contributed by atoms with Crippen LogP contribution in [0, 0.1) is 0 Å². The fourth-order valence-corrected chi connectivity index (χ4v) is 5.64. The Hall–Kier alpha value is -1.96. The lowest BCUT2D eigenvalue weighted by Gasteiger charge is -2.37. The molecule has 7 heteroatoms. The van der Waals surface area contributed by atoms with Crippen molar-refractivity contribution in [2.75, 3.05) is 10.6 Å². The molecular weight excluding hydrogens is 378 g/mol. The van der Waals surface area contributed by atoms with Crippen LogP contribution in [-0.2, 0) is 10.0 Å². The van der Waals surface area contributed by atoms with Gasteiger partial charge in [-0.2, -0.15) is 4.31 Å². The lowest BCUT2D eigenvalue weighted by molar-refractivity contribution is 0.204. The summed E-state index contributed by atoms with van der Waals surface area (Å²) in [4.78, 5) is 0.315. The van der Waals surface area contributed by atoms with Crippen molar-refractivity contribution in [1.29, 1.82) is 0 Å². The SMILES string of the molecule is C[C@@H]1CCC[C@H](C)N1S(=O)(=O)c1ccc(NC(=S)Nc2ccccc2)cc1. The second-order valence-electron chi connectivity index (χ2n) is 6.93. The number of rotatable bonds is 4. The molecule has 2 aromatic rings. The van der Waals surface area contributed by atoms with Crippen LogP contribution < -0.4 is 10.6 Å². The van der Waals surface area contributed by atoms with Crippen molar-refractivity contribution < 1.29 is 8.42 Å². The summed E-state index contributed by atoms with van der Waals surface area (Å²) >= 11 is 5.31. The van der Waals surface area contributed by atoms with Crippen LogP contribution >= 0.6 is 12.2 Å². The molecule has 1 aliphatic heterocycles. The topological polar surface area (TPSA) is 61.4 Å². The van der Waals surface area contributed by atoms with E-state index in [0.29, 0.717) is 10.0 Å². The van der Waals surface area contributed by atoms with Crippen LogP contribution in [0.4, 0.5) is 11.4 Å². The molecule has 27 heavy (non-hydrogen) atoms. The van der Waals surface area contributed by atoms with E-state index in [1.54, 1.807) is 28.6 Å². The maximum absolute atomic E-state index is 13.1. The highest BCUT2D eigenvalue weighted by molar-refractivity contribution is 7.89. The zero-order valence-electron chi connectivity index (χ0n) is 15.6. The minimum absolute atomic E-state index is 0.0270. The molecule has 0 spiro atoms. The number of piperidine rings is 1. The molecular formula is C20H25N3O2S2. The fourth-order valence-electron chi connectivity index (χ4n) is 3.52. The van der Waals surface area contributed by atoms with Crippen molar-refractivity contribution >= 4 is 38.7 Å². The van der Waals surface area contributed by atoms with Gasteiger partial charge in [0.1, 0.15) is 0 Å². The Bertz CT molecular complexity index is 873. The molecule has 0 amide bonds. The van der Waals surface area contributed by atoms with Crippen LogP contribution in [0.5, 0.6) is 0 Å². The average molecular weight is 404 g/mol. The smallest absolute Gasteiger partial charge is 0.243 e. The average Bonchev–Trinajstić information content (AvgIpc) is 2.62. The summed E-state index contributed by atoms with van der Waals surface area (Å²) < 4.78 is 27.8. The van der Waals surface area contributed by atoms with E-state index in [2.05, 4.69) is 10.6 Å². The van der Waals surface area contributed by atoms with E-state index in [1.807, 2.05) is 44.2 Å². The Morgan fingerprint density at radius 3 is 2.00 bits per heavy atom. The van der Waals surface area contributed by atoms with E-state index in [0.717, 1.165) is 30.6 Å². The third kappa shape index (κ3) is 4.66. The standard InChI is InChI=1S/C20H25N3O2S2/c1-15-7-6-8-16(2)23(15)27(24,25)19-13-11-18(12-14-19)22-20(26)21-17-9-4-3-5-10-17/h3-5,9-16H,6-8H2,1-2H3,(H2,21,22,26)/t15-,16+. The Morgan fingerprint density at radius 1 is 0.926 bits per heavy atom. The van der Waals surface area contributed by atoms with Gasteiger partial charge in [0, 0.05) is 23.5 Å². The maximum Gasteiger partial charge on any atom is 0.243 e. The number of anilines is 2. The summed E-state index contributed by atoms with van der Waals surface area (Å²) in [5, 5.41) is 6.62. The molecule has 144 valence electrons. The quantitative estimate of drug-likeness (QED) is 0.739. The van der Waals surface area contributed by atoms with Crippen LogP contribution in [0.3, 0.4) is 0 Å². The van der Waals surface area contributed by atoms with Gasteiger partial charge in [-0.1, -0.05) is 24.6 Å². The van der Waals surface area contributed by atoms with Crippen molar-refractivity contribution in [1.82, 2.24) is 4.31 Å². The number of nitrogens with zero attached hydrogens (tertiary/aromatic N) is 1. The van der Waals surface area contributed by atoms with E-state index in [4.69, 9.17) is 12.2 Å². The second kappa shape index (κ2) is 8.37. The maximum atomic E-state index is 13.1. The van der Waals surface area contributed by atoms with Crippen molar-refractivity contribution in [3.8, 4) is 0 Å². The van der Waals surface area contributed by atoms with E-state index in [9.17, 15) is 8.42 Å². The first-order valence-corrected chi connectivity index (χ1v) is 11.0. The highest BCUT2D eigenvalue weighted by Crippen LogP contribution is 2.29. The highest BCUT2D eigenvalue weighted by atomic mass is 32.2. The van der Waals surface area contributed by atoms with Gasteiger partial charge in [0.15, 0.2) is 5.11 Å². The van der Waals surface area contributed by atoms with E-state index < -0.39 is 10.0 Å². The summed E-state index contributed by atoms with van der Waals surface area (Å²) in [7, 11) is -3.50. The van der Waals surface area contributed by atoms with Gasteiger partial charge >= 0.3 is 0 Å². The van der Waals surface area contributed by atoms with Gasteiger partial charge in [-0.25, -0.2) is 8.42 Å². The molecule has 0 bridgehead atoms. The summed E-state index contributed by atoms with van der Waals surface area (Å²) in [5.74, 6) is 0. The molecule has 1 aliphatic rings. The number of hydrogen-bond acceptors (Lipinski definition) is 3. The molecule has 2 atom stereocenters. The molecule has 0 saturated carbocycles. The summed E-state index contributed by atoms with van der Waals surface area (Å²) in [6, 6.07) is 16.4. The molecule has 0 radical (unpaired) electrons. The Morgan fingerprint density at radius 2 is 1.44 bits per heavy atom. The Kier molecular flexibility index (Phi) is 6.14. The molecule has 0 unspecified atom stereocenters. The van der Waals surface area contributed by atoms with Gasteiger partial charge in [0.05, 0.1) is 4.90 Å². The van der Waals surface area contributed by atoms with Gasteiger partial charge in [0.25, 0.3) is 0 Å². The fraction of sp³-hybridized carbons (Fsp3) is 0.350. The molecule has 1 heterocycles. The molecule has 5 nitrogen and oxygen atoms in total. The third-order valence-corrected chi connectivity index (χ3v) is 7.18. The van der Waals surface area contributed by atoms with Crippen molar-refractivity contribution in [2.24, 2.45) is 0 Å². The minimum Gasteiger partial charge on any atom is -0.332 e. The summed E-state index contributed by atoms with van der Waals surface area (Å²) in [6.07, 6.45) is 2.88. The van der Waals surface area contributed by atoms with Crippen LogP contribution in [0.25, 0.3) is 0 Å². The van der Waals surface area contributed by atoms with Crippen molar-refractivity contribution in [3.05, 3.63) is 54.6 Å². The molecule has 2 aromatic carbocycles. The zero-order chi connectivity index (χ0) is 19.4. The number of benzene rings is 2. The van der Waals surface area contributed by atoms with Gasteiger partial charge < -0.3 is 10.6 Å². The first kappa shape index (κ1) is 19.8. The Labute approximate surface area is 166 Å². The number of nitrogens with one attached hydrogen (secondary N) is 2. The number of sulfonamides is 1. The second-order valence-corrected chi connectivity index (χ2v) is 9.18. The predicted molar refractivity (Wildman–Crippen MR) is 115 cm³/mol. The van der Waals surface area contributed by atoms with Crippen LogP contribution in [-0.4, -0.2) is 29.9 Å². The van der Waals surface area contributed by atoms with Crippen molar-refractivity contribution in [3.63, 3.8) is 0 Å². The van der Waals surface area contributed by atoms with Crippen molar-refractivity contribution in [2.45, 2.75) is 50.1 Å². The van der Waals surface area contributed by atoms with Gasteiger partial charge in [-0.15, -0.1) is 0 Å². The van der Waals surface area contributed by atoms with Crippen LogP contribution in [0.2, 0.25) is 0 Å². The van der Waals surface area contributed by atoms with Gasteiger partial charge in [-0.05, 0) is 75.3 Å². The van der Waals surface area contributed by atoms with Crippen LogP contribution in [0.1, 0.15) is 33.1 Å². The van der Waals surface area contributed by atoms with E-state index in [-0.39, 0.29) is 12.1 Å². The minimum atomic E-state index is -3.50. The first-order chi connectivity index (χ1) is 12.9. The van der Waals surface area contributed by atoms with E-state index in [1.165, 1.54) is 0 Å². The normalized spacial score (nSPS) is 20.8. The van der Waals surface area contributed by atoms with Gasteiger partial charge in [0.2, 0.25) is 10.0 Å². The summed E-state index contributed by atoms with van der Waals surface area (Å²) in [5.41, 5.74) is 1.63.